The van der Waals surface area contributed by atoms with Gasteiger partial charge in [-0.25, -0.2) is 4.99 Å². The molecule has 2 N–H and O–H groups in total. The minimum absolute atomic E-state index is 0.0505. The van der Waals surface area contributed by atoms with Crippen molar-refractivity contribution < 1.29 is 0 Å². The van der Waals surface area contributed by atoms with Gasteiger partial charge in [-0.3, -0.25) is 9.98 Å². The number of nitrogens with one attached hydrogen (secondary N) is 2. The summed E-state index contributed by atoms with van der Waals surface area (Å²) < 4.78 is 0. The lowest BCUT2D eigenvalue weighted by Gasteiger charge is -2.02. The van der Waals surface area contributed by atoms with Gasteiger partial charge in [0.05, 0.1) is 12.8 Å². The van der Waals surface area contributed by atoms with E-state index in [2.05, 4.69) is 25.6 Å². The predicted octanol–water partition coefficient (Wildman–Crippen LogP) is -0.636. The summed E-state index contributed by atoms with van der Waals surface area (Å²) in [6.07, 6.45) is 1.78. The fourth-order valence-corrected chi connectivity index (χ4v) is 1.11. The minimum atomic E-state index is 0.0505. The molecule has 0 aromatic carbocycles. The molecule has 1 unspecified atom stereocenters. The third-order valence-electron chi connectivity index (χ3n) is 1.66. The lowest BCUT2D eigenvalue weighted by Crippen LogP contribution is -2.38. The van der Waals surface area contributed by atoms with Crippen molar-refractivity contribution in [3.8, 4) is 0 Å². The zero-order chi connectivity index (χ0) is 8.39. The van der Waals surface area contributed by atoms with Gasteiger partial charge in [-0.15, -0.1) is 0 Å². The van der Waals surface area contributed by atoms with E-state index in [4.69, 9.17) is 0 Å². The molecule has 64 valence electrons. The lowest BCUT2D eigenvalue weighted by atomic mass is 10.6. The maximum Gasteiger partial charge on any atom is 0.197 e. The standard InChI is InChI=1S/C7H11N5/c1-5-10-4-6(11-5)12-7-8-2-3-9-7/h4-5H,2-3H2,1H3,(H2,8,9,11,12). The molecule has 0 radical (unpaired) electrons. The zero-order valence-electron chi connectivity index (χ0n) is 6.91. The van der Waals surface area contributed by atoms with E-state index in [-0.39, 0.29) is 6.17 Å². The van der Waals surface area contributed by atoms with Crippen LogP contribution >= 0.6 is 0 Å². The van der Waals surface area contributed by atoms with Crippen molar-refractivity contribution in [3.05, 3.63) is 0 Å². The SMILES string of the molecule is CC1N=CC(NC2=NCCN2)=N1. The van der Waals surface area contributed by atoms with Crippen LogP contribution < -0.4 is 10.6 Å². The molecule has 2 rings (SSSR count). The van der Waals surface area contributed by atoms with Crippen LogP contribution in [0.2, 0.25) is 0 Å². The molecule has 5 nitrogen and oxygen atoms in total. The van der Waals surface area contributed by atoms with Gasteiger partial charge >= 0.3 is 0 Å². The molecule has 0 saturated carbocycles. The van der Waals surface area contributed by atoms with Gasteiger partial charge in [-0.1, -0.05) is 0 Å². The first-order valence-electron chi connectivity index (χ1n) is 4.01. The fraction of sp³-hybridized carbons (Fsp3) is 0.571. The number of amidine groups is 1. The maximum absolute atomic E-state index is 4.21. The Morgan fingerprint density at radius 1 is 1.67 bits per heavy atom. The summed E-state index contributed by atoms with van der Waals surface area (Å²) in [5.41, 5.74) is 0. The van der Waals surface area contributed by atoms with Gasteiger partial charge in [-0.2, -0.15) is 0 Å². The Kier molecular flexibility index (Phi) is 1.77. The highest BCUT2D eigenvalue weighted by atomic mass is 15.3. The second-order valence-electron chi connectivity index (χ2n) is 2.71. The van der Waals surface area contributed by atoms with Gasteiger partial charge in [0, 0.05) is 6.54 Å². The zero-order valence-corrected chi connectivity index (χ0v) is 6.91. The van der Waals surface area contributed by atoms with Crippen LogP contribution in [0.5, 0.6) is 0 Å². The Labute approximate surface area is 70.7 Å². The molecule has 0 fully saturated rings. The summed E-state index contributed by atoms with van der Waals surface area (Å²) in [5, 5.41) is 6.14. The minimum Gasteiger partial charge on any atom is -0.354 e. The van der Waals surface area contributed by atoms with Crippen LogP contribution in [0.25, 0.3) is 0 Å². The van der Waals surface area contributed by atoms with Crippen LogP contribution in [0, 0.1) is 0 Å². The van der Waals surface area contributed by atoms with Crippen molar-refractivity contribution in [1.82, 2.24) is 10.6 Å². The van der Waals surface area contributed by atoms with Gasteiger partial charge in [-0.05, 0) is 6.92 Å². The number of hydrogen-bond donors (Lipinski definition) is 2. The first-order chi connectivity index (χ1) is 5.84. The van der Waals surface area contributed by atoms with Crippen LogP contribution in [-0.2, 0) is 0 Å². The van der Waals surface area contributed by atoms with E-state index < -0.39 is 0 Å². The van der Waals surface area contributed by atoms with Crippen LogP contribution in [-0.4, -0.2) is 37.3 Å². The van der Waals surface area contributed by atoms with E-state index in [0.717, 1.165) is 24.9 Å². The summed E-state index contributed by atoms with van der Waals surface area (Å²) >= 11 is 0. The van der Waals surface area contributed by atoms with Crippen molar-refractivity contribution in [2.45, 2.75) is 13.1 Å². The summed E-state index contributed by atoms with van der Waals surface area (Å²) in [6.45, 7) is 3.68. The average Bonchev–Trinajstić information content (AvgIpc) is 2.63. The van der Waals surface area contributed by atoms with E-state index in [1.807, 2.05) is 6.92 Å². The average molecular weight is 165 g/mol. The maximum atomic E-state index is 4.21. The molecular formula is C7H11N5. The van der Waals surface area contributed by atoms with Crippen LogP contribution in [0.4, 0.5) is 0 Å². The number of nitrogens with zero attached hydrogens (tertiary/aromatic N) is 3. The normalized spacial score (nSPS) is 26.6. The van der Waals surface area contributed by atoms with Gasteiger partial charge in [0.15, 0.2) is 5.96 Å². The molecule has 0 saturated heterocycles. The molecule has 0 aliphatic carbocycles. The Balaban J connectivity index is 1.95. The highest BCUT2D eigenvalue weighted by Gasteiger charge is 2.10. The monoisotopic (exact) mass is 165 g/mol. The number of rotatable bonds is 0. The van der Waals surface area contributed by atoms with Gasteiger partial charge in [0.2, 0.25) is 0 Å². The quantitative estimate of drug-likeness (QED) is 0.501. The Hall–Kier alpha value is -1.39. The Bertz CT molecular complexity index is 265. The van der Waals surface area contributed by atoms with E-state index >= 15 is 0 Å². The Morgan fingerprint density at radius 3 is 3.17 bits per heavy atom. The first kappa shape index (κ1) is 7.27. The van der Waals surface area contributed by atoms with E-state index in [1.54, 1.807) is 6.21 Å². The number of guanidine groups is 1. The van der Waals surface area contributed by atoms with E-state index in [0.29, 0.717) is 0 Å². The molecule has 5 heteroatoms. The number of hydrogen-bond acceptors (Lipinski definition) is 5. The van der Waals surface area contributed by atoms with Gasteiger partial charge < -0.3 is 10.6 Å². The van der Waals surface area contributed by atoms with Crippen molar-refractivity contribution in [2.24, 2.45) is 15.0 Å². The summed E-state index contributed by atoms with van der Waals surface area (Å²) in [4.78, 5) is 12.5. The second-order valence-corrected chi connectivity index (χ2v) is 2.71. The van der Waals surface area contributed by atoms with Gasteiger partial charge in [0.1, 0.15) is 12.0 Å². The van der Waals surface area contributed by atoms with Crippen molar-refractivity contribution in [1.29, 1.82) is 0 Å². The molecule has 1 atom stereocenters. The summed E-state index contributed by atoms with van der Waals surface area (Å²) in [6, 6.07) is 0. The van der Waals surface area contributed by atoms with Crippen LogP contribution in [0.3, 0.4) is 0 Å². The molecule has 2 aliphatic rings. The summed E-state index contributed by atoms with van der Waals surface area (Å²) in [7, 11) is 0. The lowest BCUT2D eigenvalue weighted by molar-refractivity contribution is 0.813. The largest absolute Gasteiger partial charge is 0.354 e. The fourth-order valence-electron chi connectivity index (χ4n) is 1.11. The van der Waals surface area contributed by atoms with Crippen LogP contribution in [0.15, 0.2) is 15.0 Å². The van der Waals surface area contributed by atoms with E-state index in [1.165, 1.54) is 0 Å². The molecular weight excluding hydrogens is 154 g/mol. The number of aliphatic imine (C=N–C) groups is 3. The molecule has 2 heterocycles. The molecule has 0 aromatic heterocycles. The third kappa shape index (κ3) is 1.44. The van der Waals surface area contributed by atoms with E-state index in [9.17, 15) is 0 Å². The highest BCUT2D eigenvalue weighted by molar-refractivity contribution is 6.34. The van der Waals surface area contributed by atoms with Crippen molar-refractivity contribution in [2.75, 3.05) is 13.1 Å². The smallest absolute Gasteiger partial charge is 0.197 e. The molecule has 12 heavy (non-hydrogen) atoms. The molecule has 0 amide bonds. The van der Waals surface area contributed by atoms with Crippen molar-refractivity contribution >= 4 is 18.0 Å². The van der Waals surface area contributed by atoms with Gasteiger partial charge in [0.25, 0.3) is 0 Å². The molecule has 0 spiro atoms. The first-order valence-corrected chi connectivity index (χ1v) is 4.01. The molecule has 0 aromatic rings. The van der Waals surface area contributed by atoms with Crippen molar-refractivity contribution in [3.63, 3.8) is 0 Å². The van der Waals surface area contributed by atoms with Crippen LogP contribution in [0.1, 0.15) is 6.92 Å². The predicted molar refractivity (Wildman–Crippen MR) is 48.8 cm³/mol. The second kappa shape index (κ2) is 2.92. The third-order valence-corrected chi connectivity index (χ3v) is 1.66. The summed E-state index contributed by atoms with van der Waals surface area (Å²) in [5.74, 6) is 1.59. The Morgan fingerprint density at radius 2 is 2.58 bits per heavy atom. The molecule has 2 aliphatic heterocycles. The highest BCUT2D eigenvalue weighted by Crippen LogP contribution is 1.97. The molecule has 0 bridgehead atoms. The topological polar surface area (TPSA) is 61.1 Å².